The third-order valence-electron chi connectivity index (χ3n) is 2.26. The largest absolute Gasteiger partial charge is 0.432 e. The Morgan fingerprint density at radius 1 is 1.40 bits per heavy atom. The SMILES string of the molecule is CNc1ncc([N+](=O)[O-])c(Oc2ccc(Br)cc2Br)n1. The van der Waals surface area contributed by atoms with Crippen molar-refractivity contribution < 1.29 is 9.66 Å². The summed E-state index contributed by atoms with van der Waals surface area (Å²) in [5.41, 5.74) is -0.307. The van der Waals surface area contributed by atoms with E-state index in [9.17, 15) is 10.1 Å². The smallest absolute Gasteiger partial charge is 0.349 e. The second-order valence-electron chi connectivity index (χ2n) is 3.57. The molecule has 0 bridgehead atoms. The zero-order valence-electron chi connectivity index (χ0n) is 10.1. The molecule has 7 nitrogen and oxygen atoms in total. The highest BCUT2D eigenvalue weighted by molar-refractivity contribution is 9.11. The lowest BCUT2D eigenvalue weighted by Crippen LogP contribution is -2.02. The van der Waals surface area contributed by atoms with Crippen molar-refractivity contribution in [2.45, 2.75) is 0 Å². The van der Waals surface area contributed by atoms with Gasteiger partial charge < -0.3 is 10.1 Å². The lowest BCUT2D eigenvalue weighted by Gasteiger charge is -2.08. The Morgan fingerprint density at radius 2 is 2.15 bits per heavy atom. The number of hydrogen-bond donors (Lipinski definition) is 1. The molecule has 0 aliphatic carbocycles. The van der Waals surface area contributed by atoms with E-state index in [0.29, 0.717) is 10.2 Å². The second-order valence-corrected chi connectivity index (χ2v) is 5.34. The minimum Gasteiger partial charge on any atom is -0.432 e. The summed E-state index contributed by atoms with van der Waals surface area (Å²) >= 11 is 6.63. The Kier molecular flexibility index (Phi) is 4.50. The van der Waals surface area contributed by atoms with Gasteiger partial charge in [-0.25, -0.2) is 4.98 Å². The normalized spacial score (nSPS) is 10.2. The van der Waals surface area contributed by atoms with Crippen LogP contribution in [0.3, 0.4) is 0 Å². The van der Waals surface area contributed by atoms with E-state index in [-0.39, 0.29) is 17.5 Å². The summed E-state index contributed by atoms with van der Waals surface area (Å²) in [6, 6.07) is 5.19. The standard InChI is InChI=1S/C11H8Br2N4O3/c1-14-11-15-5-8(17(18)19)10(16-11)20-9-3-2-6(12)4-7(9)13/h2-5H,1H3,(H,14,15,16). The zero-order chi connectivity index (χ0) is 14.7. The molecule has 1 aromatic heterocycles. The summed E-state index contributed by atoms with van der Waals surface area (Å²) in [6.45, 7) is 0. The van der Waals surface area contributed by atoms with Gasteiger partial charge >= 0.3 is 11.6 Å². The molecule has 104 valence electrons. The fourth-order valence-corrected chi connectivity index (χ4v) is 2.47. The predicted molar refractivity (Wildman–Crippen MR) is 80.1 cm³/mol. The quantitative estimate of drug-likeness (QED) is 0.617. The molecule has 0 saturated carbocycles. The van der Waals surface area contributed by atoms with E-state index >= 15 is 0 Å². The molecule has 2 rings (SSSR count). The van der Waals surface area contributed by atoms with Gasteiger partial charge in [0.15, 0.2) is 0 Å². The van der Waals surface area contributed by atoms with Crippen molar-refractivity contribution >= 4 is 43.5 Å². The number of halogens is 2. The second kappa shape index (κ2) is 6.14. The maximum absolute atomic E-state index is 11.0. The number of rotatable bonds is 4. The first-order valence-corrected chi connectivity index (χ1v) is 6.92. The summed E-state index contributed by atoms with van der Waals surface area (Å²) in [7, 11) is 1.61. The molecule has 0 aliphatic rings. The zero-order valence-corrected chi connectivity index (χ0v) is 13.3. The van der Waals surface area contributed by atoms with E-state index in [1.807, 2.05) is 0 Å². The summed E-state index contributed by atoms with van der Waals surface area (Å²) in [5, 5.41) is 13.7. The van der Waals surface area contributed by atoms with Gasteiger partial charge in [0, 0.05) is 11.5 Å². The molecule has 0 radical (unpaired) electrons. The Balaban J connectivity index is 2.43. The molecule has 2 aromatic rings. The molecule has 0 unspecified atom stereocenters. The van der Waals surface area contributed by atoms with Gasteiger partial charge in [0.05, 0.1) is 9.40 Å². The van der Waals surface area contributed by atoms with Gasteiger partial charge in [-0.05, 0) is 34.1 Å². The van der Waals surface area contributed by atoms with Crippen molar-refractivity contribution in [1.82, 2.24) is 9.97 Å². The van der Waals surface area contributed by atoms with Crippen molar-refractivity contribution in [2.75, 3.05) is 12.4 Å². The number of nitrogens with one attached hydrogen (secondary N) is 1. The minimum atomic E-state index is -0.596. The maximum Gasteiger partial charge on any atom is 0.349 e. The minimum absolute atomic E-state index is 0.127. The van der Waals surface area contributed by atoms with Crippen LogP contribution >= 0.6 is 31.9 Å². The van der Waals surface area contributed by atoms with E-state index in [1.165, 1.54) is 0 Å². The number of ether oxygens (including phenoxy) is 1. The molecule has 0 spiro atoms. The maximum atomic E-state index is 11.0. The summed E-state index contributed by atoms with van der Waals surface area (Å²) in [4.78, 5) is 18.1. The van der Waals surface area contributed by atoms with Crippen LogP contribution in [0.15, 0.2) is 33.3 Å². The summed E-state index contributed by atoms with van der Waals surface area (Å²) in [5.74, 6) is 0.522. The highest BCUT2D eigenvalue weighted by Gasteiger charge is 2.20. The van der Waals surface area contributed by atoms with E-state index in [1.54, 1.807) is 25.2 Å². The summed E-state index contributed by atoms with van der Waals surface area (Å²) in [6.07, 6.45) is 1.10. The molecule has 20 heavy (non-hydrogen) atoms. The predicted octanol–water partition coefficient (Wildman–Crippen LogP) is 3.74. The molecule has 1 heterocycles. The third-order valence-corrected chi connectivity index (χ3v) is 3.37. The first-order chi connectivity index (χ1) is 9.51. The number of hydrogen-bond acceptors (Lipinski definition) is 6. The number of aromatic nitrogens is 2. The van der Waals surface area contributed by atoms with Gasteiger partial charge in [-0.3, -0.25) is 10.1 Å². The van der Waals surface area contributed by atoms with Crippen LogP contribution in [-0.4, -0.2) is 21.9 Å². The van der Waals surface area contributed by atoms with Crippen molar-refractivity contribution in [3.63, 3.8) is 0 Å². The van der Waals surface area contributed by atoms with Gasteiger partial charge in [-0.15, -0.1) is 0 Å². The van der Waals surface area contributed by atoms with E-state index in [2.05, 4.69) is 47.1 Å². The van der Waals surface area contributed by atoms with Gasteiger partial charge in [0.1, 0.15) is 11.9 Å². The number of nitrogens with zero attached hydrogens (tertiary/aromatic N) is 3. The first kappa shape index (κ1) is 14.7. The highest BCUT2D eigenvalue weighted by Crippen LogP contribution is 2.35. The van der Waals surface area contributed by atoms with Crippen LogP contribution in [0.2, 0.25) is 0 Å². The van der Waals surface area contributed by atoms with Crippen molar-refractivity contribution in [3.8, 4) is 11.6 Å². The van der Waals surface area contributed by atoms with Crippen LogP contribution in [0.4, 0.5) is 11.6 Å². The van der Waals surface area contributed by atoms with Crippen LogP contribution < -0.4 is 10.1 Å². The Morgan fingerprint density at radius 3 is 2.75 bits per heavy atom. The fraction of sp³-hybridized carbons (Fsp3) is 0.0909. The van der Waals surface area contributed by atoms with Crippen molar-refractivity contribution in [3.05, 3.63) is 43.5 Å². The van der Waals surface area contributed by atoms with E-state index in [0.717, 1.165) is 10.7 Å². The average molecular weight is 404 g/mol. The van der Waals surface area contributed by atoms with Crippen LogP contribution in [0.1, 0.15) is 0 Å². The van der Waals surface area contributed by atoms with Crippen LogP contribution in [0.25, 0.3) is 0 Å². The van der Waals surface area contributed by atoms with Crippen LogP contribution in [0.5, 0.6) is 11.6 Å². The molecule has 0 amide bonds. The molecule has 0 saturated heterocycles. The lowest BCUT2D eigenvalue weighted by atomic mass is 10.3. The number of nitro groups is 1. The molecule has 9 heteroatoms. The fourth-order valence-electron chi connectivity index (χ4n) is 1.34. The van der Waals surface area contributed by atoms with Crippen molar-refractivity contribution in [2.24, 2.45) is 0 Å². The van der Waals surface area contributed by atoms with Gasteiger partial charge in [0.25, 0.3) is 0 Å². The third kappa shape index (κ3) is 3.23. The first-order valence-electron chi connectivity index (χ1n) is 5.33. The topological polar surface area (TPSA) is 90.2 Å². The monoisotopic (exact) mass is 402 g/mol. The Labute approximate surface area is 130 Å². The van der Waals surface area contributed by atoms with E-state index < -0.39 is 4.92 Å². The lowest BCUT2D eigenvalue weighted by molar-refractivity contribution is -0.386. The number of anilines is 1. The van der Waals surface area contributed by atoms with Crippen LogP contribution in [0, 0.1) is 10.1 Å². The number of benzene rings is 1. The molecule has 1 N–H and O–H groups in total. The molecular formula is C11H8Br2N4O3. The van der Waals surface area contributed by atoms with Crippen molar-refractivity contribution in [1.29, 1.82) is 0 Å². The average Bonchev–Trinajstić information content (AvgIpc) is 2.41. The highest BCUT2D eigenvalue weighted by atomic mass is 79.9. The Hall–Kier alpha value is -1.74. The Bertz CT molecular complexity index is 666. The molecule has 0 fully saturated rings. The van der Waals surface area contributed by atoms with Crippen LogP contribution in [-0.2, 0) is 0 Å². The molecule has 0 aliphatic heterocycles. The van der Waals surface area contributed by atoms with E-state index in [4.69, 9.17) is 4.74 Å². The summed E-state index contributed by atoms with van der Waals surface area (Å²) < 4.78 is 6.99. The molecule has 1 aromatic carbocycles. The van der Waals surface area contributed by atoms with Gasteiger partial charge in [-0.2, -0.15) is 4.98 Å². The molecular weight excluding hydrogens is 396 g/mol. The molecule has 0 atom stereocenters. The van der Waals surface area contributed by atoms with Gasteiger partial charge in [0.2, 0.25) is 5.95 Å². The van der Waals surface area contributed by atoms with Gasteiger partial charge in [-0.1, -0.05) is 15.9 Å².